The largest absolute Gasteiger partial charge is 0.467 e. The van der Waals surface area contributed by atoms with Crippen LogP contribution in [0.4, 0.5) is 0 Å². The zero-order valence-electron chi connectivity index (χ0n) is 14.2. The molecule has 0 unspecified atom stereocenters. The standard InChI is InChI=1S/C16H18ClN3O5S/c1-20(2)26(23,24)12-5-6-14(17)13(8-12)16(22)19-10-15(21)18-9-11-4-3-7-25-11/h3-8H,9-10H2,1-2H3,(H,18,21)(H,19,22). The molecule has 8 nitrogen and oxygen atoms in total. The first kappa shape index (κ1) is 20.0. The van der Waals surface area contributed by atoms with E-state index >= 15 is 0 Å². The molecule has 2 amide bonds. The SMILES string of the molecule is CN(C)S(=O)(=O)c1ccc(Cl)c(C(=O)NCC(=O)NCc2ccco2)c1. The van der Waals surface area contributed by atoms with E-state index in [0.29, 0.717) is 5.76 Å². The lowest BCUT2D eigenvalue weighted by atomic mass is 10.2. The van der Waals surface area contributed by atoms with Gasteiger partial charge in [-0.1, -0.05) is 11.6 Å². The number of amides is 2. The van der Waals surface area contributed by atoms with Gasteiger partial charge in [-0.3, -0.25) is 9.59 Å². The maximum absolute atomic E-state index is 12.2. The summed E-state index contributed by atoms with van der Waals surface area (Å²) in [6.07, 6.45) is 1.49. The minimum absolute atomic E-state index is 0.0339. The minimum Gasteiger partial charge on any atom is -0.467 e. The van der Waals surface area contributed by atoms with E-state index in [1.807, 2.05) is 0 Å². The number of furan rings is 1. The molecule has 2 aromatic rings. The second kappa shape index (κ2) is 8.35. The summed E-state index contributed by atoms with van der Waals surface area (Å²) in [7, 11) is -0.946. The Bertz CT molecular complexity index is 895. The minimum atomic E-state index is -3.71. The van der Waals surface area contributed by atoms with Crippen molar-refractivity contribution in [3.63, 3.8) is 0 Å². The number of nitrogens with zero attached hydrogens (tertiary/aromatic N) is 1. The summed E-state index contributed by atoms with van der Waals surface area (Å²) < 4.78 is 30.4. The molecule has 26 heavy (non-hydrogen) atoms. The predicted molar refractivity (Wildman–Crippen MR) is 95.2 cm³/mol. The van der Waals surface area contributed by atoms with Crippen LogP contribution in [0.1, 0.15) is 16.1 Å². The first-order chi connectivity index (χ1) is 12.2. The molecule has 140 valence electrons. The fraction of sp³-hybridized carbons (Fsp3) is 0.250. The summed E-state index contributed by atoms with van der Waals surface area (Å²) in [4.78, 5) is 24.0. The highest BCUT2D eigenvalue weighted by molar-refractivity contribution is 7.89. The number of hydrogen-bond donors (Lipinski definition) is 2. The maximum Gasteiger partial charge on any atom is 0.253 e. The number of hydrogen-bond acceptors (Lipinski definition) is 5. The fourth-order valence-corrected chi connectivity index (χ4v) is 3.10. The monoisotopic (exact) mass is 399 g/mol. The third kappa shape index (κ3) is 4.84. The number of carbonyl (C=O) groups is 2. The summed E-state index contributed by atoms with van der Waals surface area (Å²) in [5.74, 6) is -0.504. The molecule has 0 saturated heterocycles. The molecule has 2 rings (SSSR count). The van der Waals surface area contributed by atoms with Crippen LogP contribution in [0.15, 0.2) is 45.9 Å². The van der Waals surface area contributed by atoms with Crippen molar-refractivity contribution in [1.82, 2.24) is 14.9 Å². The Morgan fingerprint density at radius 2 is 1.92 bits per heavy atom. The Balaban J connectivity index is 2.01. The Morgan fingerprint density at radius 3 is 2.54 bits per heavy atom. The summed E-state index contributed by atoms with van der Waals surface area (Å²) in [6, 6.07) is 7.21. The van der Waals surface area contributed by atoms with E-state index < -0.39 is 21.8 Å². The van der Waals surface area contributed by atoms with Crippen LogP contribution < -0.4 is 10.6 Å². The van der Waals surface area contributed by atoms with Crippen molar-refractivity contribution in [2.75, 3.05) is 20.6 Å². The van der Waals surface area contributed by atoms with Gasteiger partial charge in [0, 0.05) is 14.1 Å². The van der Waals surface area contributed by atoms with Crippen molar-refractivity contribution in [3.8, 4) is 0 Å². The summed E-state index contributed by atoms with van der Waals surface area (Å²) in [6.45, 7) is -0.0977. The first-order valence-corrected chi connectivity index (χ1v) is 9.33. The van der Waals surface area contributed by atoms with Gasteiger partial charge in [-0.15, -0.1) is 0 Å². The van der Waals surface area contributed by atoms with Gasteiger partial charge in [0.15, 0.2) is 0 Å². The molecular weight excluding hydrogens is 382 g/mol. The molecule has 0 aliphatic rings. The van der Waals surface area contributed by atoms with Crippen LogP contribution in [0.25, 0.3) is 0 Å². The van der Waals surface area contributed by atoms with Gasteiger partial charge in [0.05, 0.1) is 34.8 Å². The fourth-order valence-electron chi connectivity index (χ4n) is 1.97. The number of benzene rings is 1. The highest BCUT2D eigenvalue weighted by Gasteiger charge is 2.21. The third-order valence-corrected chi connectivity index (χ3v) is 5.55. The number of sulfonamides is 1. The number of nitrogens with one attached hydrogen (secondary N) is 2. The smallest absolute Gasteiger partial charge is 0.253 e. The van der Waals surface area contributed by atoms with Crippen LogP contribution in [0.2, 0.25) is 5.02 Å². The molecule has 1 aromatic heterocycles. The molecular formula is C16H18ClN3O5S. The summed E-state index contributed by atoms with van der Waals surface area (Å²) >= 11 is 5.98. The summed E-state index contributed by atoms with van der Waals surface area (Å²) in [5, 5.41) is 5.06. The molecule has 0 fully saturated rings. The number of rotatable bonds is 7. The van der Waals surface area contributed by atoms with Gasteiger partial charge in [-0.25, -0.2) is 12.7 Å². The molecule has 2 N–H and O–H groups in total. The van der Waals surface area contributed by atoms with Crippen LogP contribution in [0, 0.1) is 0 Å². The van der Waals surface area contributed by atoms with E-state index in [4.69, 9.17) is 16.0 Å². The Hall–Kier alpha value is -2.36. The molecule has 0 spiro atoms. The number of carbonyl (C=O) groups excluding carboxylic acids is 2. The summed E-state index contributed by atoms with van der Waals surface area (Å²) in [5.41, 5.74) is -0.0339. The van der Waals surface area contributed by atoms with Gasteiger partial charge in [0.2, 0.25) is 15.9 Å². The van der Waals surface area contributed by atoms with E-state index in [1.165, 1.54) is 38.6 Å². The van der Waals surface area contributed by atoms with Crippen LogP contribution in [0.3, 0.4) is 0 Å². The van der Waals surface area contributed by atoms with E-state index in [0.717, 1.165) is 4.31 Å². The molecule has 1 aromatic carbocycles. The van der Waals surface area contributed by atoms with E-state index in [9.17, 15) is 18.0 Å². The van der Waals surface area contributed by atoms with Crippen LogP contribution in [-0.2, 0) is 21.4 Å². The van der Waals surface area contributed by atoms with Crippen molar-refractivity contribution in [2.45, 2.75) is 11.4 Å². The van der Waals surface area contributed by atoms with Crippen LogP contribution in [-0.4, -0.2) is 45.2 Å². The lowest BCUT2D eigenvalue weighted by Crippen LogP contribution is -2.36. The highest BCUT2D eigenvalue weighted by atomic mass is 35.5. The molecule has 0 radical (unpaired) electrons. The topological polar surface area (TPSA) is 109 Å². The van der Waals surface area contributed by atoms with Gasteiger partial charge in [0.25, 0.3) is 5.91 Å². The van der Waals surface area contributed by atoms with Gasteiger partial charge in [-0.2, -0.15) is 0 Å². The van der Waals surface area contributed by atoms with E-state index in [2.05, 4.69) is 10.6 Å². The van der Waals surface area contributed by atoms with Crippen molar-refractivity contribution in [1.29, 1.82) is 0 Å². The average Bonchev–Trinajstić information content (AvgIpc) is 3.11. The van der Waals surface area contributed by atoms with Crippen molar-refractivity contribution < 1.29 is 22.4 Å². The van der Waals surface area contributed by atoms with Gasteiger partial charge >= 0.3 is 0 Å². The van der Waals surface area contributed by atoms with E-state index in [1.54, 1.807) is 12.1 Å². The Kier molecular flexibility index (Phi) is 6.41. The molecule has 0 saturated carbocycles. The first-order valence-electron chi connectivity index (χ1n) is 7.51. The molecule has 10 heteroatoms. The molecule has 0 bridgehead atoms. The highest BCUT2D eigenvalue weighted by Crippen LogP contribution is 2.22. The Labute approximate surface area is 156 Å². The number of halogens is 1. The van der Waals surface area contributed by atoms with Crippen molar-refractivity contribution in [2.24, 2.45) is 0 Å². The van der Waals surface area contributed by atoms with E-state index in [-0.39, 0.29) is 28.6 Å². The molecule has 0 aliphatic heterocycles. The van der Waals surface area contributed by atoms with Crippen LogP contribution in [0.5, 0.6) is 0 Å². The maximum atomic E-state index is 12.2. The zero-order valence-corrected chi connectivity index (χ0v) is 15.7. The lowest BCUT2D eigenvalue weighted by Gasteiger charge is -2.13. The average molecular weight is 400 g/mol. The van der Waals surface area contributed by atoms with Crippen molar-refractivity contribution in [3.05, 3.63) is 52.9 Å². The lowest BCUT2D eigenvalue weighted by molar-refractivity contribution is -0.120. The predicted octanol–water partition coefficient (Wildman–Crippen LogP) is 1.23. The van der Waals surface area contributed by atoms with Gasteiger partial charge < -0.3 is 15.1 Å². The Morgan fingerprint density at radius 1 is 1.19 bits per heavy atom. The van der Waals surface area contributed by atoms with Crippen molar-refractivity contribution >= 4 is 33.4 Å². The van der Waals surface area contributed by atoms with Gasteiger partial charge in [-0.05, 0) is 30.3 Å². The third-order valence-electron chi connectivity index (χ3n) is 3.41. The molecule has 0 atom stereocenters. The zero-order chi connectivity index (χ0) is 19.3. The molecule has 1 heterocycles. The second-order valence-corrected chi connectivity index (χ2v) is 8.03. The quantitative estimate of drug-likeness (QED) is 0.727. The van der Waals surface area contributed by atoms with Gasteiger partial charge in [0.1, 0.15) is 5.76 Å². The van der Waals surface area contributed by atoms with Crippen LogP contribution >= 0.6 is 11.6 Å². The molecule has 0 aliphatic carbocycles. The normalized spacial score (nSPS) is 11.4. The second-order valence-electron chi connectivity index (χ2n) is 5.47.